The maximum atomic E-state index is 12.2. The van der Waals surface area contributed by atoms with Crippen LogP contribution in [-0.4, -0.2) is 22.6 Å². The quantitative estimate of drug-likeness (QED) is 0.337. The number of aromatic nitrogens is 1. The van der Waals surface area contributed by atoms with Crippen LogP contribution in [0.15, 0.2) is 72.9 Å². The Morgan fingerprint density at radius 1 is 0.677 bits per heavy atom. The lowest BCUT2D eigenvalue weighted by Gasteiger charge is -2.08. The van der Waals surface area contributed by atoms with Crippen molar-refractivity contribution in [1.82, 2.24) is 4.73 Å². The normalized spacial score (nSPS) is 10.5. The Kier molecular flexibility index (Phi) is 5.79. The molecule has 0 radical (unpaired) electrons. The predicted octanol–water partition coefficient (Wildman–Crippen LogP) is 4.29. The molecule has 0 fully saturated rings. The van der Waals surface area contributed by atoms with E-state index in [1.165, 1.54) is 4.73 Å². The second kappa shape index (κ2) is 8.31. The van der Waals surface area contributed by atoms with Crippen LogP contribution in [0.2, 0.25) is 0 Å². The minimum Gasteiger partial charge on any atom is -0.423 e. The van der Waals surface area contributed by atoms with Crippen molar-refractivity contribution in [2.24, 2.45) is 0 Å². The number of hydrogen-bond acceptors (Lipinski definition) is 6. The van der Waals surface area contributed by atoms with Gasteiger partial charge in [0.25, 0.3) is 0 Å². The van der Waals surface area contributed by atoms with Gasteiger partial charge in [0.1, 0.15) is 11.5 Å². The van der Waals surface area contributed by atoms with Crippen molar-refractivity contribution < 1.29 is 28.7 Å². The molecule has 0 atom stereocenters. The van der Waals surface area contributed by atoms with Gasteiger partial charge in [0.2, 0.25) is 0 Å². The van der Waals surface area contributed by atoms with Crippen LogP contribution < -0.4 is 14.3 Å². The standard InChI is InChI=1S/C24H21NO6/c1-13(2)22(26)29-16-7-9-20-18(11-16)19-12-17(30-23(27)14(3)4)8-10-21(19)25(20)31-24(28)15(5)6/h7-12H,1,3,5H2,2,4,6H3. The van der Waals surface area contributed by atoms with Crippen LogP contribution in [0.1, 0.15) is 20.8 Å². The van der Waals surface area contributed by atoms with E-state index in [0.717, 1.165) is 0 Å². The molecule has 7 nitrogen and oxygen atoms in total. The molecule has 0 aliphatic heterocycles. The van der Waals surface area contributed by atoms with E-state index in [-0.39, 0.29) is 28.2 Å². The zero-order valence-corrected chi connectivity index (χ0v) is 17.5. The fourth-order valence-corrected chi connectivity index (χ4v) is 2.72. The van der Waals surface area contributed by atoms with Gasteiger partial charge in [-0.3, -0.25) is 0 Å². The Morgan fingerprint density at radius 2 is 1.06 bits per heavy atom. The van der Waals surface area contributed by atoms with Crippen LogP contribution in [0.3, 0.4) is 0 Å². The lowest BCUT2D eigenvalue weighted by molar-refractivity contribution is -0.138. The molecule has 0 N–H and O–H groups in total. The molecular weight excluding hydrogens is 398 g/mol. The largest absolute Gasteiger partial charge is 0.423 e. The summed E-state index contributed by atoms with van der Waals surface area (Å²) < 4.78 is 12.0. The molecule has 2 aromatic carbocycles. The molecule has 0 amide bonds. The summed E-state index contributed by atoms with van der Waals surface area (Å²) in [5.41, 5.74) is 1.83. The van der Waals surface area contributed by atoms with Crippen molar-refractivity contribution >= 4 is 39.7 Å². The van der Waals surface area contributed by atoms with Gasteiger partial charge in [-0.2, -0.15) is 4.73 Å². The van der Waals surface area contributed by atoms with Gasteiger partial charge in [0.05, 0.1) is 11.0 Å². The highest BCUT2D eigenvalue weighted by atomic mass is 16.7. The predicted molar refractivity (Wildman–Crippen MR) is 117 cm³/mol. The monoisotopic (exact) mass is 419 g/mol. The Morgan fingerprint density at radius 3 is 1.42 bits per heavy atom. The van der Waals surface area contributed by atoms with Gasteiger partial charge >= 0.3 is 17.9 Å². The van der Waals surface area contributed by atoms with E-state index in [1.54, 1.807) is 57.2 Å². The molecule has 0 bridgehead atoms. The molecule has 0 saturated heterocycles. The Bertz CT molecular complexity index is 1210. The third kappa shape index (κ3) is 4.40. The maximum Gasteiger partial charge on any atom is 0.358 e. The van der Waals surface area contributed by atoms with E-state index >= 15 is 0 Å². The molecule has 7 heteroatoms. The minimum atomic E-state index is -0.602. The molecule has 1 heterocycles. The zero-order valence-electron chi connectivity index (χ0n) is 17.5. The summed E-state index contributed by atoms with van der Waals surface area (Å²) in [6.07, 6.45) is 0. The number of carbonyl (C=O) groups is 3. The van der Waals surface area contributed by atoms with Gasteiger partial charge in [-0.05, 0) is 57.2 Å². The molecule has 158 valence electrons. The first kappa shape index (κ1) is 21.6. The Hall–Kier alpha value is -4.13. The molecule has 0 aliphatic carbocycles. The van der Waals surface area contributed by atoms with Crippen molar-refractivity contribution in [1.29, 1.82) is 0 Å². The van der Waals surface area contributed by atoms with Gasteiger partial charge < -0.3 is 14.3 Å². The molecule has 0 spiro atoms. The summed E-state index contributed by atoms with van der Waals surface area (Å²) in [5.74, 6) is -1.15. The fourth-order valence-electron chi connectivity index (χ4n) is 2.72. The van der Waals surface area contributed by atoms with E-state index in [2.05, 4.69) is 19.7 Å². The summed E-state index contributed by atoms with van der Waals surface area (Å²) in [6.45, 7) is 15.4. The first-order chi connectivity index (χ1) is 14.6. The third-order valence-corrected chi connectivity index (χ3v) is 4.30. The second-order valence-corrected chi connectivity index (χ2v) is 7.15. The summed E-state index contributed by atoms with van der Waals surface area (Å²) >= 11 is 0. The van der Waals surface area contributed by atoms with Gasteiger partial charge in [-0.25, -0.2) is 14.4 Å². The summed E-state index contributed by atoms with van der Waals surface area (Å²) in [5, 5.41) is 1.23. The van der Waals surface area contributed by atoms with Crippen LogP contribution in [0.5, 0.6) is 11.5 Å². The molecular formula is C24H21NO6. The third-order valence-electron chi connectivity index (χ3n) is 4.30. The molecule has 0 unspecified atom stereocenters. The van der Waals surface area contributed by atoms with Gasteiger partial charge in [-0.15, -0.1) is 0 Å². The van der Waals surface area contributed by atoms with Crippen molar-refractivity contribution in [3.8, 4) is 11.5 Å². The van der Waals surface area contributed by atoms with Crippen molar-refractivity contribution in [3.63, 3.8) is 0 Å². The van der Waals surface area contributed by atoms with Crippen LogP contribution in [0.4, 0.5) is 0 Å². The molecule has 0 saturated carbocycles. The Labute approximate surface area is 178 Å². The average Bonchev–Trinajstić information content (AvgIpc) is 3.00. The van der Waals surface area contributed by atoms with Crippen LogP contribution in [-0.2, 0) is 14.4 Å². The molecule has 1 aromatic heterocycles. The van der Waals surface area contributed by atoms with Crippen molar-refractivity contribution in [2.45, 2.75) is 20.8 Å². The van der Waals surface area contributed by atoms with Crippen molar-refractivity contribution in [3.05, 3.63) is 72.9 Å². The lowest BCUT2D eigenvalue weighted by atomic mass is 10.1. The van der Waals surface area contributed by atoms with E-state index in [9.17, 15) is 14.4 Å². The summed E-state index contributed by atoms with van der Waals surface area (Å²) in [4.78, 5) is 41.5. The highest BCUT2D eigenvalue weighted by Crippen LogP contribution is 2.34. The molecule has 3 aromatic rings. The summed E-state index contributed by atoms with van der Waals surface area (Å²) in [6, 6.07) is 9.73. The van der Waals surface area contributed by atoms with E-state index < -0.39 is 17.9 Å². The topological polar surface area (TPSA) is 83.8 Å². The average molecular weight is 419 g/mol. The first-order valence-electron chi connectivity index (χ1n) is 9.30. The SMILES string of the molecule is C=C(C)C(=O)Oc1ccc2c(c1)c1cc(OC(=O)C(=C)C)ccc1n2OC(=O)C(=C)C. The lowest BCUT2D eigenvalue weighted by Crippen LogP contribution is -2.19. The van der Waals surface area contributed by atoms with Gasteiger partial charge in [-0.1, -0.05) is 19.7 Å². The number of fused-ring (bicyclic) bond motifs is 3. The first-order valence-corrected chi connectivity index (χ1v) is 9.30. The van der Waals surface area contributed by atoms with E-state index in [1.807, 2.05) is 0 Å². The van der Waals surface area contributed by atoms with E-state index in [0.29, 0.717) is 21.8 Å². The van der Waals surface area contributed by atoms with Gasteiger partial charge in [0, 0.05) is 27.5 Å². The number of esters is 2. The number of rotatable bonds is 6. The van der Waals surface area contributed by atoms with Crippen molar-refractivity contribution in [2.75, 3.05) is 0 Å². The summed E-state index contributed by atoms with van der Waals surface area (Å²) in [7, 11) is 0. The fraction of sp³-hybridized carbons (Fsp3) is 0.125. The highest BCUT2D eigenvalue weighted by molar-refractivity contribution is 6.09. The Balaban J connectivity index is 2.19. The van der Waals surface area contributed by atoms with Crippen LogP contribution in [0.25, 0.3) is 21.8 Å². The van der Waals surface area contributed by atoms with Crippen LogP contribution in [0, 0.1) is 0 Å². The minimum absolute atomic E-state index is 0.231. The van der Waals surface area contributed by atoms with E-state index in [4.69, 9.17) is 14.3 Å². The van der Waals surface area contributed by atoms with Crippen LogP contribution >= 0.6 is 0 Å². The molecule has 0 aliphatic rings. The number of nitrogens with zero attached hydrogens (tertiary/aromatic N) is 1. The smallest absolute Gasteiger partial charge is 0.358 e. The number of benzene rings is 2. The molecule has 31 heavy (non-hydrogen) atoms. The second-order valence-electron chi connectivity index (χ2n) is 7.15. The van der Waals surface area contributed by atoms with Gasteiger partial charge in [0.15, 0.2) is 0 Å². The highest BCUT2D eigenvalue weighted by Gasteiger charge is 2.18. The number of ether oxygens (including phenoxy) is 2. The maximum absolute atomic E-state index is 12.2. The zero-order chi connectivity index (χ0) is 22.9. The number of hydrogen-bond donors (Lipinski definition) is 0. The molecule has 3 rings (SSSR count). The number of carbonyl (C=O) groups excluding carboxylic acids is 3.